The summed E-state index contributed by atoms with van der Waals surface area (Å²) in [7, 11) is -3.52. The zero-order valence-corrected chi connectivity index (χ0v) is 19.8. The standard InChI is InChI=1S/C19H23NO5S2.Na/c1-14(20-27(23,24)18-6-4-3-5-7-18)13-26-15(2)16-8-10-17(11-9-16)25-12-19(21)22;/h3-11,14-15,20H,12-13H2,1-2H3,(H,21,22);/q;+1/p-1. The van der Waals surface area contributed by atoms with Gasteiger partial charge in [0.2, 0.25) is 10.0 Å². The molecule has 0 saturated heterocycles. The molecule has 0 bridgehead atoms. The van der Waals surface area contributed by atoms with E-state index in [0.717, 1.165) is 5.56 Å². The molecule has 9 heteroatoms. The number of sulfonamides is 1. The molecule has 0 fully saturated rings. The SMILES string of the molecule is CC(CSC(C)c1ccc(OCC(=O)[O-])cc1)NS(=O)(=O)c1ccccc1.[Na+]. The van der Waals surface area contributed by atoms with Crippen LogP contribution in [0.15, 0.2) is 59.5 Å². The van der Waals surface area contributed by atoms with E-state index in [-0.39, 0.29) is 45.7 Å². The fraction of sp³-hybridized carbons (Fsp3) is 0.316. The van der Waals surface area contributed by atoms with Crippen LogP contribution < -0.4 is 44.1 Å². The molecule has 0 aliphatic rings. The number of hydrogen-bond acceptors (Lipinski definition) is 6. The zero-order chi connectivity index (χ0) is 19.9. The minimum atomic E-state index is -3.52. The van der Waals surface area contributed by atoms with E-state index in [4.69, 9.17) is 4.74 Å². The molecular formula is C19H22NNaO5S2. The van der Waals surface area contributed by atoms with Crippen molar-refractivity contribution in [3.63, 3.8) is 0 Å². The first kappa shape index (κ1) is 25.0. The van der Waals surface area contributed by atoms with Gasteiger partial charge in [0, 0.05) is 17.0 Å². The Morgan fingerprint density at radius 1 is 1.11 bits per heavy atom. The molecule has 0 amide bonds. The summed E-state index contributed by atoms with van der Waals surface area (Å²) >= 11 is 1.63. The molecule has 0 spiro atoms. The van der Waals surface area contributed by atoms with E-state index in [2.05, 4.69) is 4.72 Å². The van der Waals surface area contributed by atoms with Crippen molar-refractivity contribution in [2.45, 2.75) is 30.0 Å². The summed E-state index contributed by atoms with van der Waals surface area (Å²) < 4.78 is 32.4. The fourth-order valence-electron chi connectivity index (χ4n) is 2.33. The van der Waals surface area contributed by atoms with Gasteiger partial charge < -0.3 is 14.6 Å². The maximum absolute atomic E-state index is 12.3. The number of carboxylic acids is 1. The number of hydrogen-bond donors (Lipinski definition) is 1. The number of carboxylic acid groups (broad SMARTS) is 1. The van der Waals surface area contributed by atoms with Crippen molar-refractivity contribution >= 4 is 27.8 Å². The van der Waals surface area contributed by atoms with E-state index in [9.17, 15) is 18.3 Å². The number of benzene rings is 2. The summed E-state index contributed by atoms with van der Waals surface area (Å²) in [5.74, 6) is -0.199. The van der Waals surface area contributed by atoms with E-state index >= 15 is 0 Å². The number of aliphatic carboxylic acids is 1. The van der Waals surface area contributed by atoms with Gasteiger partial charge in [-0.3, -0.25) is 0 Å². The van der Waals surface area contributed by atoms with Crippen molar-refractivity contribution < 1.29 is 52.6 Å². The predicted octanol–water partition coefficient (Wildman–Crippen LogP) is -1.02. The molecule has 2 unspecified atom stereocenters. The molecule has 0 aliphatic carbocycles. The van der Waals surface area contributed by atoms with Gasteiger partial charge in [0.05, 0.1) is 10.9 Å². The van der Waals surface area contributed by atoms with Crippen molar-refractivity contribution in [1.29, 1.82) is 0 Å². The molecule has 0 radical (unpaired) electrons. The van der Waals surface area contributed by atoms with E-state index in [1.165, 1.54) is 0 Å². The Bertz CT molecular complexity index is 844. The van der Waals surface area contributed by atoms with Gasteiger partial charge in [0.1, 0.15) is 12.4 Å². The van der Waals surface area contributed by atoms with Crippen LogP contribution in [0.2, 0.25) is 0 Å². The third kappa shape index (κ3) is 8.14. The van der Waals surface area contributed by atoms with Crippen molar-refractivity contribution in [1.82, 2.24) is 4.72 Å². The summed E-state index contributed by atoms with van der Waals surface area (Å²) in [6, 6.07) is 15.2. The number of ether oxygens (including phenoxy) is 1. The average Bonchev–Trinajstić information content (AvgIpc) is 2.65. The van der Waals surface area contributed by atoms with E-state index in [1.54, 1.807) is 54.2 Å². The van der Waals surface area contributed by atoms with Crippen LogP contribution in [0.25, 0.3) is 0 Å². The first-order chi connectivity index (χ1) is 12.8. The maximum atomic E-state index is 12.3. The van der Waals surface area contributed by atoms with Gasteiger partial charge in [-0.05, 0) is 43.7 Å². The van der Waals surface area contributed by atoms with Gasteiger partial charge in [-0.1, -0.05) is 30.3 Å². The zero-order valence-electron chi connectivity index (χ0n) is 16.1. The number of carbonyl (C=O) groups excluding carboxylic acids is 1. The first-order valence-corrected chi connectivity index (χ1v) is 10.9. The van der Waals surface area contributed by atoms with E-state index < -0.39 is 22.6 Å². The largest absolute Gasteiger partial charge is 1.00 e. The quantitative estimate of drug-likeness (QED) is 0.484. The summed E-state index contributed by atoms with van der Waals surface area (Å²) in [5, 5.41) is 10.5. The van der Waals surface area contributed by atoms with E-state index in [0.29, 0.717) is 11.5 Å². The third-order valence-corrected chi connectivity index (χ3v) is 6.78. The van der Waals surface area contributed by atoms with Crippen LogP contribution in [0.4, 0.5) is 0 Å². The third-order valence-electron chi connectivity index (χ3n) is 3.71. The van der Waals surface area contributed by atoms with Gasteiger partial charge in [-0.2, -0.15) is 11.8 Å². The molecule has 2 aromatic carbocycles. The summed E-state index contributed by atoms with van der Waals surface area (Å²) in [5.41, 5.74) is 1.04. The molecule has 1 N–H and O–H groups in total. The Morgan fingerprint density at radius 2 is 1.71 bits per heavy atom. The minimum absolute atomic E-state index is 0. The second-order valence-corrected chi connectivity index (χ2v) is 9.13. The summed E-state index contributed by atoms with van der Waals surface area (Å²) in [6.45, 7) is 3.37. The Balaban J connectivity index is 0.00000392. The number of rotatable bonds is 10. The Morgan fingerprint density at radius 3 is 2.29 bits per heavy atom. The van der Waals surface area contributed by atoms with Crippen molar-refractivity contribution in [3.05, 3.63) is 60.2 Å². The Labute approximate surface area is 192 Å². The molecule has 2 aromatic rings. The van der Waals surface area contributed by atoms with Crippen molar-refractivity contribution in [2.75, 3.05) is 12.4 Å². The topological polar surface area (TPSA) is 95.5 Å². The number of carbonyl (C=O) groups is 1. The van der Waals surface area contributed by atoms with Crippen LogP contribution in [0.3, 0.4) is 0 Å². The van der Waals surface area contributed by atoms with E-state index in [1.807, 2.05) is 26.0 Å². The van der Waals surface area contributed by atoms with Gasteiger partial charge in [-0.25, -0.2) is 13.1 Å². The van der Waals surface area contributed by atoms with Gasteiger partial charge in [0.15, 0.2) is 0 Å². The molecule has 28 heavy (non-hydrogen) atoms. The van der Waals surface area contributed by atoms with Crippen LogP contribution in [-0.4, -0.2) is 32.8 Å². The molecule has 6 nitrogen and oxygen atoms in total. The summed E-state index contributed by atoms with van der Waals surface area (Å²) in [4.78, 5) is 10.7. The monoisotopic (exact) mass is 431 g/mol. The Kier molecular flexibility index (Phi) is 10.6. The molecule has 0 aliphatic heterocycles. The molecule has 0 aromatic heterocycles. The second kappa shape index (κ2) is 11.8. The van der Waals surface area contributed by atoms with Crippen LogP contribution in [-0.2, 0) is 14.8 Å². The van der Waals surface area contributed by atoms with Gasteiger partial charge in [0.25, 0.3) is 0 Å². The Hall–Kier alpha value is -1.03. The van der Waals surface area contributed by atoms with Crippen LogP contribution in [0.1, 0.15) is 24.7 Å². The number of nitrogens with one attached hydrogen (secondary N) is 1. The number of thioether (sulfide) groups is 1. The minimum Gasteiger partial charge on any atom is -0.546 e. The van der Waals surface area contributed by atoms with Crippen LogP contribution >= 0.6 is 11.8 Å². The smallest absolute Gasteiger partial charge is 0.546 e. The molecule has 0 saturated carbocycles. The predicted molar refractivity (Wildman–Crippen MR) is 104 cm³/mol. The van der Waals surface area contributed by atoms with Crippen LogP contribution in [0, 0.1) is 0 Å². The molecule has 0 heterocycles. The molecule has 2 rings (SSSR count). The summed E-state index contributed by atoms with van der Waals surface area (Å²) in [6.07, 6.45) is 0. The van der Waals surface area contributed by atoms with Gasteiger partial charge >= 0.3 is 29.6 Å². The average molecular weight is 432 g/mol. The fourth-order valence-corrected chi connectivity index (χ4v) is 4.71. The van der Waals surface area contributed by atoms with Crippen molar-refractivity contribution in [2.24, 2.45) is 0 Å². The van der Waals surface area contributed by atoms with Crippen molar-refractivity contribution in [3.8, 4) is 5.75 Å². The molecule has 146 valence electrons. The second-order valence-electron chi connectivity index (χ2n) is 6.04. The normalized spacial score (nSPS) is 13.2. The van der Waals surface area contributed by atoms with Gasteiger partial charge in [-0.15, -0.1) is 0 Å². The van der Waals surface area contributed by atoms with Crippen LogP contribution in [0.5, 0.6) is 5.75 Å². The maximum Gasteiger partial charge on any atom is 1.00 e. The molecular weight excluding hydrogens is 409 g/mol. The molecule has 2 atom stereocenters. The first-order valence-electron chi connectivity index (χ1n) is 8.39.